The van der Waals surface area contributed by atoms with E-state index < -0.39 is 0 Å². The number of nitrogens with zero attached hydrogens (tertiary/aromatic N) is 1. The molecule has 6 heteroatoms. The number of H-pyrrole nitrogens is 1. The molecule has 26 heavy (non-hydrogen) atoms. The molecule has 0 unspecified atom stereocenters. The second kappa shape index (κ2) is 6.63. The first-order chi connectivity index (χ1) is 12.6. The first-order valence-corrected chi connectivity index (χ1v) is 8.69. The van der Waals surface area contributed by atoms with Crippen molar-refractivity contribution in [2.24, 2.45) is 0 Å². The van der Waals surface area contributed by atoms with Gasteiger partial charge < -0.3 is 14.8 Å². The molecule has 0 radical (unpaired) electrons. The van der Waals surface area contributed by atoms with Crippen molar-refractivity contribution in [2.45, 2.75) is 32.2 Å². The van der Waals surface area contributed by atoms with Crippen LogP contribution in [0.3, 0.4) is 0 Å². The van der Waals surface area contributed by atoms with Crippen LogP contribution in [-0.4, -0.2) is 27.9 Å². The van der Waals surface area contributed by atoms with Gasteiger partial charge in [-0.05, 0) is 32.3 Å². The maximum atomic E-state index is 13.0. The van der Waals surface area contributed by atoms with E-state index in [4.69, 9.17) is 4.52 Å². The van der Waals surface area contributed by atoms with Gasteiger partial charge >= 0.3 is 0 Å². The molecule has 0 atom stereocenters. The number of carbonyl (C=O) groups is 2. The number of aryl methyl sites for hydroxylation is 1. The lowest BCUT2D eigenvalue weighted by atomic mass is 9.93. The normalized spacial score (nSPS) is 14.0. The Bertz CT molecular complexity index is 952. The van der Waals surface area contributed by atoms with Gasteiger partial charge in [-0.1, -0.05) is 35.5 Å². The predicted molar refractivity (Wildman–Crippen MR) is 96.0 cm³/mol. The molecule has 2 aromatic heterocycles. The van der Waals surface area contributed by atoms with Crippen molar-refractivity contribution in [2.75, 3.05) is 0 Å². The zero-order valence-corrected chi connectivity index (χ0v) is 14.4. The quantitative estimate of drug-likeness (QED) is 0.690. The van der Waals surface area contributed by atoms with E-state index in [1.807, 2.05) is 30.3 Å². The summed E-state index contributed by atoms with van der Waals surface area (Å²) in [7, 11) is 0. The van der Waals surface area contributed by atoms with Gasteiger partial charge in [0.2, 0.25) is 0 Å². The summed E-state index contributed by atoms with van der Waals surface area (Å²) in [5.41, 5.74) is 2.53. The fourth-order valence-corrected chi connectivity index (χ4v) is 3.05. The van der Waals surface area contributed by atoms with E-state index in [0.717, 1.165) is 24.8 Å². The number of aromatic amines is 1. The van der Waals surface area contributed by atoms with Crippen molar-refractivity contribution in [3.8, 4) is 11.3 Å². The number of ketones is 1. The number of benzene rings is 1. The molecule has 3 aromatic rings. The lowest BCUT2D eigenvalue weighted by Gasteiger charge is -2.25. The first kappa shape index (κ1) is 16.3. The fraction of sp³-hybridized carbons (Fsp3) is 0.250. The molecule has 1 aliphatic carbocycles. The first-order valence-electron chi connectivity index (χ1n) is 8.69. The minimum atomic E-state index is -0.221. The number of hydrogen-bond acceptors (Lipinski definition) is 4. The molecule has 1 amide bonds. The highest BCUT2D eigenvalue weighted by molar-refractivity contribution is 6.13. The highest BCUT2D eigenvalue weighted by atomic mass is 16.5. The Morgan fingerprint density at radius 3 is 2.69 bits per heavy atom. The van der Waals surface area contributed by atoms with Crippen LogP contribution < -0.4 is 5.32 Å². The predicted octanol–water partition coefficient (Wildman–Crippen LogP) is 3.49. The van der Waals surface area contributed by atoms with Crippen LogP contribution in [0.4, 0.5) is 0 Å². The highest BCUT2D eigenvalue weighted by Gasteiger charge is 2.25. The van der Waals surface area contributed by atoms with Crippen LogP contribution in [0.1, 0.15) is 51.4 Å². The number of rotatable bonds is 5. The van der Waals surface area contributed by atoms with Crippen LogP contribution in [0, 0.1) is 6.92 Å². The van der Waals surface area contributed by atoms with Crippen LogP contribution in [0.2, 0.25) is 0 Å². The molecule has 132 valence electrons. The summed E-state index contributed by atoms with van der Waals surface area (Å²) in [6, 6.07) is 11.2. The van der Waals surface area contributed by atoms with E-state index in [1.54, 1.807) is 19.2 Å². The Morgan fingerprint density at radius 1 is 1.23 bits per heavy atom. The standard InChI is InChI=1S/C20H19N3O3/c1-12-17(18(23-26-12)13-6-3-2-4-7-13)19(24)14-10-16(21-11-14)20(25)22-15-8-5-9-15/h2-4,6-7,10-11,15,21H,5,8-9H2,1H3,(H,22,25). The van der Waals surface area contributed by atoms with Crippen LogP contribution in [0.25, 0.3) is 11.3 Å². The SMILES string of the molecule is Cc1onc(-c2ccccc2)c1C(=O)c1c[nH]c(C(=O)NC2CCC2)c1. The van der Waals surface area contributed by atoms with E-state index in [9.17, 15) is 9.59 Å². The Morgan fingerprint density at radius 2 is 2.00 bits per heavy atom. The van der Waals surface area contributed by atoms with Gasteiger partial charge in [-0.15, -0.1) is 0 Å². The van der Waals surface area contributed by atoms with Crippen molar-refractivity contribution in [1.29, 1.82) is 0 Å². The molecule has 4 rings (SSSR count). The molecule has 1 fully saturated rings. The third kappa shape index (κ3) is 2.94. The Hall–Kier alpha value is -3.15. The van der Waals surface area contributed by atoms with E-state index in [2.05, 4.69) is 15.5 Å². The third-order valence-electron chi connectivity index (χ3n) is 4.77. The van der Waals surface area contributed by atoms with Crippen molar-refractivity contribution < 1.29 is 14.1 Å². The lowest BCUT2D eigenvalue weighted by Crippen LogP contribution is -2.39. The molecule has 0 saturated heterocycles. The van der Waals surface area contributed by atoms with Gasteiger partial charge in [0, 0.05) is 23.4 Å². The van der Waals surface area contributed by atoms with Gasteiger partial charge in [0.15, 0.2) is 5.78 Å². The van der Waals surface area contributed by atoms with Gasteiger partial charge in [-0.25, -0.2) is 0 Å². The summed E-state index contributed by atoms with van der Waals surface area (Å²) in [6.45, 7) is 1.71. The van der Waals surface area contributed by atoms with Crippen molar-refractivity contribution in [3.05, 3.63) is 65.2 Å². The number of hydrogen-bond donors (Lipinski definition) is 2. The molecule has 2 heterocycles. The number of nitrogens with one attached hydrogen (secondary N) is 2. The van der Waals surface area contributed by atoms with Gasteiger partial charge in [0.1, 0.15) is 17.1 Å². The molecule has 1 aliphatic rings. The van der Waals surface area contributed by atoms with Crippen LogP contribution in [0.15, 0.2) is 47.1 Å². The molecule has 0 spiro atoms. The summed E-state index contributed by atoms with van der Waals surface area (Å²) in [4.78, 5) is 28.1. The van der Waals surface area contributed by atoms with Crippen molar-refractivity contribution in [1.82, 2.24) is 15.5 Å². The third-order valence-corrected chi connectivity index (χ3v) is 4.77. The van der Waals surface area contributed by atoms with Crippen LogP contribution in [-0.2, 0) is 0 Å². The van der Waals surface area contributed by atoms with Gasteiger partial charge in [-0.3, -0.25) is 9.59 Å². The molecular weight excluding hydrogens is 330 g/mol. The van der Waals surface area contributed by atoms with Gasteiger partial charge in [-0.2, -0.15) is 0 Å². The van der Waals surface area contributed by atoms with E-state index in [0.29, 0.717) is 28.3 Å². The van der Waals surface area contributed by atoms with Gasteiger partial charge in [0.25, 0.3) is 5.91 Å². The minimum Gasteiger partial charge on any atom is -0.360 e. The minimum absolute atomic E-state index is 0.181. The summed E-state index contributed by atoms with van der Waals surface area (Å²) < 4.78 is 5.26. The lowest BCUT2D eigenvalue weighted by molar-refractivity contribution is 0.0912. The maximum absolute atomic E-state index is 13.0. The number of carbonyl (C=O) groups excluding carboxylic acids is 2. The number of aromatic nitrogens is 2. The summed E-state index contributed by atoms with van der Waals surface area (Å²) in [5.74, 6) is 0.0520. The number of amides is 1. The van der Waals surface area contributed by atoms with Crippen LogP contribution >= 0.6 is 0 Å². The molecule has 2 N–H and O–H groups in total. The molecule has 0 aliphatic heterocycles. The van der Waals surface area contributed by atoms with Crippen LogP contribution in [0.5, 0.6) is 0 Å². The Kier molecular flexibility index (Phi) is 4.16. The maximum Gasteiger partial charge on any atom is 0.267 e. The highest BCUT2D eigenvalue weighted by Crippen LogP contribution is 2.27. The summed E-state index contributed by atoms with van der Waals surface area (Å²) >= 11 is 0. The molecule has 1 saturated carbocycles. The van der Waals surface area contributed by atoms with Crippen molar-refractivity contribution in [3.63, 3.8) is 0 Å². The molecular formula is C20H19N3O3. The zero-order chi connectivity index (χ0) is 18.1. The summed E-state index contributed by atoms with van der Waals surface area (Å²) in [6.07, 6.45) is 4.73. The molecule has 6 nitrogen and oxygen atoms in total. The van der Waals surface area contributed by atoms with E-state index in [1.165, 1.54) is 0 Å². The largest absolute Gasteiger partial charge is 0.360 e. The summed E-state index contributed by atoms with van der Waals surface area (Å²) in [5, 5.41) is 7.00. The topological polar surface area (TPSA) is 88.0 Å². The zero-order valence-electron chi connectivity index (χ0n) is 14.4. The fourth-order valence-electron chi connectivity index (χ4n) is 3.05. The van der Waals surface area contributed by atoms with E-state index in [-0.39, 0.29) is 17.7 Å². The Balaban J connectivity index is 1.61. The van der Waals surface area contributed by atoms with Gasteiger partial charge in [0.05, 0.1) is 5.56 Å². The van der Waals surface area contributed by atoms with Crippen molar-refractivity contribution >= 4 is 11.7 Å². The molecule has 0 bridgehead atoms. The molecule has 1 aromatic carbocycles. The smallest absolute Gasteiger partial charge is 0.267 e. The Labute approximate surface area is 150 Å². The second-order valence-corrected chi connectivity index (χ2v) is 6.56. The van der Waals surface area contributed by atoms with E-state index >= 15 is 0 Å². The average molecular weight is 349 g/mol. The average Bonchev–Trinajstić information content (AvgIpc) is 3.25. The second-order valence-electron chi connectivity index (χ2n) is 6.56. The monoisotopic (exact) mass is 349 g/mol.